The second-order valence-corrected chi connectivity index (χ2v) is 10.8. The van der Waals surface area contributed by atoms with Crippen molar-refractivity contribution in [2.45, 2.75) is 30.7 Å². The molecular weight excluding hydrogens is 544 g/mol. The van der Waals surface area contributed by atoms with Gasteiger partial charge >= 0.3 is 18.2 Å². The van der Waals surface area contributed by atoms with Crippen molar-refractivity contribution in [1.29, 1.82) is 0 Å². The standard InChI is InChI=1S/C35H32N2O6/c38-33(39)18-17-22(37-35(41)43-21-32-29-15-7-3-11-25(29)26-12-4-8-16-30(26)32)19-36-34(40)42-20-31-27-13-5-1-9-23(27)24-10-2-6-14-28(24)31/h1-16,22,31-32H,17-21H2,(H,36,40)(H,37,41)(H,38,39). The van der Waals surface area contributed by atoms with Gasteiger partial charge in [-0.2, -0.15) is 0 Å². The molecule has 0 heterocycles. The number of hydrogen-bond donors (Lipinski definition) is 3. The molecule has 1 atom stereocenters. The summed E-state index contributed by atoms with van der Waals surface area (Å²) in [6.07, 6.45) is -1.38. The maximum absolute atomic E-state index is 12.8. The van der Waals surface area contributed by atoms with Gasteiger partial charge in [0.15, 0.2) is 0 Å². The Kier molecular flexibility index (Phi) is 8.09. The lowest BCUT2D eigenvalue weighted by Gasteiger charge is -2.20. The van der Waals surface area contributed by atoms with Crippen molar-refractivity contribution in [3.05, 3.63) is 119 Å². The van der Waals surface area contributed by atoms with E-state index in [0.717, 1.165) is 44.5 Å². The number of rotatable bonds is 10. The number of alkyl carbamates (subject to hydrolysis) is 2. The summed E-state index contributed by atoms with van der Waals surface area (Å²) in [6.45, 7) is 0.277. The van der Waals surface area contributed by atoms with E-state index in [4.69, 9.17) is 9.47 Å². The Labute approximate surface area is 249 Å². The monoisotopic (exact) mass is 576 g/mol. The second kappa shape index (κ2) is 12.4. The third kappa shape index (κ3) is 5.95. The van der Waals surface area contributed by atoms with E-state index in [1.807, 2.05) is 72.8 Å². The first kappa shape index (κ1) is 28.0. The van der Waals surface area contributed by atoms with Gasteiger partial charge in [0.25, 0.3) is 0 Å². The molecule has 6 rings (SSSR count). The van der Waals surface area contributed by atoms with Gasteiger partial charge < -0.3 is 25.2 Å². The average molecular weight is 577 g/mol. The lowest BCUT2D eigenvalue weighted by Crippen LogP contribution is -2.44. The maximum atomic E-state index is 12.8. The predicted molar refractivity (Wildman–Crippen MR) is 162 cm³/mol. The van der Waals surface area contributed by atoms with Crippen LogP contribution in [0.25, 0.3) is 22.3 Å². The fourth-order valence-electron chi connectivity index (χ4n) is 6.19. The van der Waals surface area contributed by atoms with E-state index in [1.54, 1.807) is 0 Å². The van der Waals surface area contributed by atoms with Gasteiger partial charge in [-0.1, -0.05) is 97.1 Å². The number of amides is 2. The summed E-state index contributed by atoms with van der Waals surface area (Å²) in [5.74, 6) is -1.19. The zero-order valence-electron chi connectivity index (χ0n) is 23.5. The summed E-state index contributed by atoms with van der Waals surface area (Å²) in [6, 6.07) is 31.6. The van der Waals surface area contributed by atoms with Gasteiger partial charge in [0, 0.05) is 24.8 Å². The first-order chi connectivity index (χ1) is 21.0. The minimum absolute atomic E-state index is 0.00580. The third-order valence-electron chi connectivity index (χ3n) is 8.21. The van der Waals surface area contributed by atoms with Gasteiger partial charge in [0.2, 0.25) is 0 Å². The highest BCUT2D eigenvalue weighted by atomic mass is 16.6. The number of carbonyl (C=O) groups excluding carboxylic acids is 2. The van der Waals surface area contributed by atoms with Crippen LogP contribution < -0.4 is 10.6 Å². The fourth-order valence-corrected chi connectivity index (χ4v) is 6.19. The van der Waals surface area contributed by atoms with Crippen LogP contribution in [0, 0.1) is 0 Å². The number of carboxylic acid groups (broad SMARTS) is 1. The predicted octanol–water partition coefficient (Wildman–Crippen LogP) is 6.30. The van der Waals surface area contributed by atoms with Crippen LogP contribution in [0.4, 0.5) is 9.59 Å². The molecule has 0 spiro atoms. The molecule has 2 aliphatic rings. The summed E-state index contributed by atoms with van der Waals surface area (Å²) >= 11 is 0. The number of benzene rings is 4. The topological polar surface area (TPSA) is 114 Å². The highest BCUT2D eigenvalue weighted by Gasteiger charge is 2.30. The molecule has 3 N–H and O–H groups in total. The molecule has 0 aromatic heterocycles. The van der Waals surface area contributed by atoms with E-state index in [1.165, 1.54) is 0 Å². The molecule has 218 valence electrons. The number of carbonyl (C=O) groups is 3. The van der Waals surface area contributed by atoms with E-state index >= 15 is 0 Å². The summed E-state index contributed by atoms with van der Waals surface area (Å²) in [5.41, 5.74) is 8.91. The largest absolute Gasteiger partial charge is 0.481 e. The highest BCUT2D eigenvalue weighted by molar-refractivity contribution is 5.80. The van der Waals surface area contributed by atoms with Crippen molar-refractivity contribution in [3.63, 3.8) is 0 Å². The molecule has 0 bridgehead atoms. The molecule has 0 radical (unpaired) electrons. The average Bonchev–Trinajstić information content (AvgIpc) is 3.52. The van der Waals surface area contributed by atoms with E-state index in [-0.39, 0.29) is 44.4 Å². The SMILES string of the molecule is O=C(O)CCC(CNC(=O)OCC1c2ccccc2-c2ccccc21)NC(=O)OCC1c2ccccc2-c2ccccc21. The third-order valence-corrected chi connectivity index (χ3v) is 8.21. The Morgan fingerprint density at radius 2 is 1.02 bits per heavy atom. The Morgan fingerprint density at radius 1 is 0.628 bits per heavy atom. The van der Waals surface area contributed by atoms with Crippen LogP contribution in [0.5, 0.6) is 0 Å². The quantitative estimate of drug-likeness (QED) is 0.204. The Balaban J connectivity index is 1.04. The van der Waals surface area contributed by atoms with Crippen LogP contribution in [0.2, 0.25) is 0 Å². The number of ether oxygens (including phenoxy) is 2. The van der Waals surface area contributed by atoms with Gasteiger partial charge in [-0.05, 0) is 50.9 Å². The summed E-state index contributed by atoms with van der Waals surface area (Å²) in [7, 11) is 0. The van der Waals surface area contributed by atoms with Crippen molar-refractivity contribution in [3.8, 4) is 22.3 Å². The van der Waals surface area contributed by atoms with Crippen LogP contribution in [0.1, 0.15) is 46.9 Å². The van der Waals surface area contributed by atoms with E-state index in [0.29, 0.717) is 0 Å². The smallest absolute Gasteiger partial charge is 0.407 e. The maximum Gasteiger partial charge on any atom is 0.407 e. The minimum Gasteiger partial charge on any atom is -0.481 e. The molecule has 1 unspecified atom stereocenters. The molecule has 0 saturated heterocycles. The molecule has 0 aliphatic heterocycles. The number of fused-ring (bicyclic) bond motifs is 6. The zero-order chi connectivity index (χ0) is 29.8. The van der Waals surface area contributed by atoms with Crippen LogP contribution >= 0.6 is 0 Å². The summed E-state index contributed by atoms with van der Waals surface area (Å²) in [5, 5.41) is 14.6. The summed E-state index contributed by atoms with van der Waals surface area (Å²) < 4.78 is 11.2. The van der Waals surface area contributed by atoms with Crippen molar-refractivity contribution in [1.82, 2.24) is 10.6 Å². The number of carboxylic acids is 1. The van der Waals surface area contributed by atoms with Gasteiger partial charge in [0.05, 0.1) is 6.04 Å². The van der Waals surface area contributed by atoms with Gasteiger partial charge in [-0.3, -0.25) is 4.79 Å². The number of hydrogen-bond acceptors (Lipinski definition) is 5. The van der Waals surface area contributed by atoms with Crippen molar-refractivity contribution in [2.24, 2.45) is 0 Å². The summed E-state index contributed by atoms with van der Waals surface area (Å²) in [4.78, 5) is 36.8. The van der Waals surface area contributed by atoms with Crippen LogP contribution in [0.15, 0.2) is 97.1 Å². The van der Waals surface area contributed by atoms with Gasteiger partial charge in [-0.25, -0.2) is 9.59 Å². The molecule has 43 heavy (non-hydrogen) atoms. The Morgan fingerprint density at radius 3 is 1.44 bits per heavy atom. The lowest BCUT2D eigenvalue weighted by atomic mass is 9.98. The van der Waals surface area contributed by atoms with Crippen LogP contribution in [0.3, 0.4) is 0 Å². The van der Waals surface area contributed by atoms with E-state index in [9.17, 15) is 19.5 Å². The lowest BCUT2D eigenvalue weighted by molar-refractivity contribution is -0.137. The molecule has 2 amide bonds. The van der Waals surface area contributed by atoms with Crippen LogP contribution in [-0.2, 0) is 14.3 Å². The van der Waals surface area contributed by atoms with E-state index < -0.39 is 24.2 Å². The minimum atomic E-state index is -1.000. The molecule has 4 aromatic rings. The van der Waals surface area contributed by atoms with Crippen molar-refractivity contribution in [2.75, 3.05) is 19.8 Å². The number of nitrogens with one attached hydrogen (secondary N) is 2. The first-order valence-corrected chi connectivity index (χ1v) is 14.4. The molecule has 2 aliphatic carbocycles. The molecular formula is C35H32N2O6. The van der Waals surface area contributed by atoms with Gasteiger partial charge in [-0.15, -0.1) is 0 Å². The fraction of sp³-hybridized carbons (Fsp3) is 0.229. The Hall–Kier alpha value is -5.11. The van der Waals surface area contributed by atoms with Crippen molar-refractivity contribution >= 4 is 18.2 Å². The van der Waals surface area contributed by atoms with Gasteiger partial charge in [0.1, 0.15) is 13.2 Å². The highest BCUT2D eigenvalue weighted by Crippen LogP contribution is 2.45. The Bertz CT molecular complexity index is 1580. The number of aliphatic carboxylic acids is 1. The normalized spacial score (nSPS) is 13.7. The van der Waals surface area contributed by atoms with Crippen LogP contribution in [-0.4, -0.2) is 49.1 Å². The molecule has 8 heteroatoms. The van der Waals surface area contributed by atoms with Crippen molar-refractivity contribution < 1.29 is 29.0 Å². The van der Waals surface area contributed by atoms with E-state index in [2.05, 4.69) is 34.9 Å². The molecule has 0 saturated carbocycles. The zero-order valence-corrected chi connectivity index (χ0v) is 23.5. The molecule has 4 aromatic carbocycles. The molecule has 0 fully saturated rings. The first-order valence-electron chi connectivity index (χ1n) is 14.4. The second-order valence-electron chi connectivity index (χ2n) is 10.8. The molecule has 8 nitrogen and oxygen atoms in total.